The number of quaternary nitrogens is 1. The van der Waals surface area contributed by atoms with Gasteiger partial charge in [0.1, 0.15) is 5.88 Å². The van der Waals surface area contributed by atoms with Crippen LogP contribution in [0.2, 0.25) is 0 Å². The summed E-state index contributed by atoms with van der Waals surface area (Å²) in [7, 11) is 10.6. The van der Waals surface area contributed by atoms with Gasteiger partial charge in [-0.05, 0) is 40.9 Å². The molecule has 2 amide bonds. The summed E-state index contributed by atoms with van der Waals surface area (Å²) in [6, 6.07) is 0. The predicted molar refractivity (Wildman–Crippen MR) is 140 cm³/mol. The second kappa shape index (κ2) is 24.5. The summed E-state index contributed by atoms with van der Waals surface area (Å²) < 4.78 is 9.31. The Labute approximate surface area is 228 Å². The first kappa shape index (κ1) is 41.0. The second-order valence-electron chi connectivity index (χ2n) is 8.69. The number of amides is 2. The number of nitrogens with zero attached hydrogens (tertiary/aromatic N) is 2. The number of methoxy groups -OCH3 is 2. The van der Waals surface area contributed by atoms with Crippen LogP contribution in [0, 0.1) is 0 Å². The molecule has 0 unspecified atom stereocenters. The van der Waals surface area contributed by atoms with E-state index in [1.165, 1.54) is 14.2 Å². The summed E-state index contributed by atoms with van der Waals surface area (Å²) in [4.78, 5) is 45.2. The molecule has 12 heteroatoms. The Kier molecular flexibility index (Phi) is 28.0. The van der Waals surface area contributed by atoms with Gasteiger partial charge in [-0.1, -0.05) is 13.2 Å². The molecule has 0 aliphatic carbocycles. The Morgan fingerprint density at radius 3 is 1.58 bits per heavy atom. The van der Waals surface area contributed by atoms with Crippen molar-refractivity contribution in [1.29, 1.82) is 0 Å². The highest BCUT2D eigenvalue weighted by Gasteiger charge is 2.19. The number of rotatable bonds is 13. The quantitative estimate of drug-likeness (QED) is 0.0918. The van der Waals surface area contributed by atoms with E-state index in [9.17, 15) is 19.2 Å². The number of carbonyl (C=O) groups is 4. The number of ether oxygens (including phenoxy) is 2. The zero-order valence-electron chi connectivity index (χ0n) is 23.2. The molecular weight excluding hydrogens is 511 g/mol. The maximum Gasteiger partial charge on any atom is 0.361 e. The third kappa shape index (κ3) is 29.9. The highest BCUT2D eigenvalue weighted by atomic mass is 35.5. The normalized spacial score (nSPS) is 9.72. The van der Waals surface area contributed by atoms with Gasteiger partial charge in [0.15, 0.2) is 6.54 Å². The SMILES string of the molecule is C=C(C)C(=O)NCCCN(C)C.C=C(C)C(=O)NCCC[N+](C)(C)CC(=O)OC.COC(=O)CCl.[Cl-]. The zero-order chi connectivity index (χ0) is 28.0. The highest BCUT2D eigenvalue weighted by Crippen LogP contribution is 1.99. The van der Waals surface area contributed by atoms with Crippen molar-refractivity contribution >= 4 is 35.4 Å². The van der Waals surface area contributed by atoms with Gasteiger partial charge < -0.3 is 41.9 Å². The molecule has 0 aliphatic rings. The van der Waals surface area contributed by atoms with Crippen molar-refractivity contribution in [3.05, 3.63) is 24.3 Å². The standard InChI is InChI=1S/C12H22N2O3.C9H18N2O.C3H5ClO2.ClH/c1-10(2)12(16)13-7-6-8-14(3,4)9-11(15)17-5;1-8(2)9(12)10-6-5-7-11(3)4;1-6-3(5)2-4;/h1,6-9H2,2-5H3;1,5-7H2,2-4H3,(H,10,12);2H2,1H3;1H. The summed E-state index contributed by atoms with van der Waals surface area (Å²) in [5.74, 6) is -0.842. The van der Waals surface area contributed by atoms with E-state index >= 15 is 0 Å². The van der Waals surface area contributed by atoms with Gasteiger partial charge in [-0.3, -0.25) is 14.4 Å². The maximum atomic E-state index is 11.2. The van der Waals surface area contributed by atoms with Crippen LogP contribution in [0.1, 0.15) is 26.7 Å². The van der Waals surface area contributed by atoms with E-state index in [-0.39, 0.29) is 36.1 Å². The molecule has 212 valence electrons. The summed E-state index contributed by atoms with van der Waals surface area (Å²) >= 11 is 4.98. The second-order valence-corrected chi connectivity index (χ2v) is 8.95. The fourth-order valence-corrected chi connectivity index (χ4v) is 2.26. The van der Waals surface area contributed by atoms with Crippen LogP contribution < -0.4 is 23.0 Å². The minimum Gasteiger partial charge on any atom is -1.00 e. The predicted octanol–water partition coefficient (Wildman–Crippen LogP) is -1.65. The van der Waals surface area contributed by atoms with Gasteiger partial charge in [0.25, 0.3) is 0 Å². The Balaban J connectivity index is -0.000000235. The third-order valence-electron chi connectivity index (χ3n) is 4.19. The molecule has 0 aromatic heterocycles. The molecule has 0 saturated carbocycles. The van der Waals surface area contributed by atoms with Crippen LogP contribution in [-0.4, -0.2) is 114 Å². The van der Waals surface area contributed by atoms with Crippen molar-refractivity contribution in [2.24, 2.45) is 0 Å². The summed E-state index contributed by atoms with van der Waals surface area (Å²) in [5.41, 5.74) is 1.08. The van der Waals surface area contributed by atoms with Crippen molar-refractivity contribution in [2.75, 3.05) is 81.0 Å². The number of alkyl halides is 1. The van der Waals surface area contributed by atoms with Gasteiger partial charge in [-0.2, -0.15) is 0 Å². The largest absolute Gasteiger partial charge is 1.00 e. The molecule has 0 bridgehead atoms. The molecule has 0 aliphatic heterocycles. The van der Waals surface area contributed by atoms with E-state index in [0.717, 1.165) is 32.5 Å². The fourth-order valence-electron chi connectivity index (χ4n) is 2.16. The van der Waals surface area contributed by atoms with Crippen molar-refractivity contribution in [3.8, 4) is 0 Å². The molecule has 36 heavy (non-hydrogen) atoms. The molecule has 0 radical (unpaired) electrons. The number of likely N-dealkylation sites (N-methyl/N-ethyl adjacent to an activating group) is 1. The molecule has 0 aromatic rings. The third-order valence-corrected chi connectivity index (χ3v) is 4.41. The van der Waals surface area contributed by atoms with Gasteiger partial charge in [-0.15, -0.1) is 11.6 Å². The molecule has 0 saturated heterocycles. The van der Waals surface area contributed by atoms with Crippen molar-refractivity contribution in [3.63, 3.8) is 0 Å². The van der Waals surface area contributed by atoms with Crippen molar-refractivity contribution in [2.45, 2.75) is 26.7 Å². The first-order chi connectivity index (χ1) is 16.1. The van der Waals surface area contributed by atoms with E-state index in [1.54, 1.807) is 13.8 Å². The first-order valence-corrected chi connectivity index (χ1v) is 11.7. The fraction of sp³-hybridized carbons (Fsp3) is 0.667. The maximum absolute atomic E-state index is 11.2. The number of hydrogen-bond donors (Lipinski definition) is 2. The number of carbonyl (C=O) groups excluding carboxylic acids is 4. The molecular formula is C24H46Cl2N4O6. The molecule has 0 atom stereocenters. The van der Waals surface area contributed by atoms with Gasteiger partial charge in [-0.25, -0.2) is 4.79 Å². The van der Waals surface area contributed by atoms with Gasteiger partial charge in [0.05, 0.1) is 34.9 Å². The smallest absolute Gasteiger partial charge is 0.361 e. The average Bonchev–Trinajstić information content (AvgIpc) is 2.78. The molecule has 0 rings (SSSR count). The Bertz CT molecular complexity index is 680. The average molecular weight is 558 g/mol. The van der Waals surface area contributed by atoms with Gasteiger partial charge >= 0.3 is 11.9 Å². The van der Waals surface area contributed by atoms with Crippen molar-refractivity contribution < 1.29 is 45.5 Å². The Morgan fingerprint density at radius 2 is 1.28 bits per heavy atom. The Hall–Kier alpha value is -2.14. The van der Waals surface area contributed by atoms with Crippen LogP contribution in [0.15, 0.2) is 24.3 Å². The lowest BCUT2D eigenvalue weighted by Gasteiger charge is -2.28. The minimum atomic E-state index is -0.392. The van der Waals surface area contributed by atoms with Crippen LogP contribution in [-0.2, 0) is 28.7 Å². The molecule has 10 nitrogen and oxygen atoms in total. The summed E-state index contributed by atoms with van der Waals surface area (Å²) in [6.45, 7) is 13.9. The van der Waals surface area contributed by atoms with E-state index in [0.29, 0.717) is 28.7 Å². The lowest BCUT2D eigenvalue weighted by atomic mass is 10.3. The molecule has 0 fully saturated rings. The number of hydrogen-bond acceptors (Lipinski definition) is 7. The molecule has 0 aromatic carbocycles. The molecule has 0 heterocycles. The lowest BCUT2D eigenvalue weighted by molar-refractivity contribution is -0.883. The number of esters is 2. The molecule has 2 N–H and O–H groups in total. The lowest BCUT2D eigenvalue weighted by Crippen LogP contribution is -3.00. The summed E-state index contributed by atoms with van der Waals surface area (Å²) in [6.07, 6.45) is 1.79. The van der Waals surface area contributed by atoms with Crippen molar-refractivity contribution in [1.82, 2.24) is 15.5 Å². The monoisotopic (exact) mass is 556 g/mol. The number of halogens is 2. The molecule has 0 spiro atoms. The van der Waals surface area contributed by atoms with Gasteiger partial charge in [0.2, 0.25) is 11.8 Å². The van der Waals surface area contributed by atoms with Crippen LogP contribution >= 0.6 is 11.6 Å². The van der Waals surface area contributed by atoms with Gasteiger partial charge in [0, 0.05) is 30.7 Å². The number of nitrogens with one attached hydrogen (secondary N) is 2. The zero-order valence-corrected chi connectivity index (χ0v) is 24.7. The van der Waals surface area contributed by atoms with Crippen LogP contribution in [0.5, 0.6) is 0 Å². The van der Waals surface area contributed by atoms with Crippen LogP contribution in [0.25, 0.3) is 0 Å². The minimum absolute atomic E-state index is 0. The van der Waals surface area contributed by atoms with E-state index in [2.05, 4.69) is 38.2 Å². The van der Waals surface area contributed by atoms with E-state index < -0.39 is 5.97 Å². The van der Waals surface area contributed by atoms with E-state index in [4.69, 9.17) is 11.6 Å². The summed E-state index contributed by atoms with van der Waals surface area (Å²) in [5, 5.41) is 5.53. The van der Waals surface area contributed by atoms with E-state index in [1.807, 2.05) is 28.2 Å². The van der Waals surface area contributed by atoms with Crippen LogP contribution in [0.3, 0.4) is 0 Å². The highest BCUT2D eigenvalue weighted by molar-refractivity contribution is 6.26. The van der Waals surface area contributed by atoms with Crippen LogP contribution in [0.4, 0.5) is 0 Å². The first-order valence-electron chi connectivity index (χ1n) is 11.2. The Morgan fingerprint density at radius 1 is 0.861 bits per heavy atom. The topological polar surface area (TPSA) is 114 Å².